The van der Waals surface area contributed by atoms with Gasteiger partial charge >= 0.3 is 5.97 Å². The first-order chi connectivity index (χ1) is 5.22. The predicted octanol–water partition coefficient (Wildman–Crippen LogP) is 1.10. The molecule has 0 rings (SSSR count). The Hall–Kier alpha value is -0.570. The summed E-state index contributed by atoms with van der Waals surface area (Å²) in [7, 11) is 1.84. The van der Waals surface area contributed by atoms with Gasteiger partial charge in [0.05, 0.1) is 5.92 Å². The fourth-order valence-electron chi connectivity index (χ4n) is 1.06. The van der Waals surface area contributed by atoms with Crippen LogP contribution in [0.2, 0.25) is 0 Å². The van der Waals surface area contributed by atoms with Gasteiger partial charge in [0.1, 0.15) is 0 Å². The second-order valence-corrected chi connectivity index (χ2v) is 2.72. The maximum atomic E-state index is 10.6. The van der Waals surface area contributed by atoms with Gasteiger partial charge in [0.15, 0.2) is 0 Å². The van der Waals surface area contributed by atoms with Crippen molar-refractivity contribution in [2.24, 2.45) is 5.92 Å². The van der Waals surface area contributed by atoms with Gasteiger partial charge in [0, 0.05) is 0 Å². The summed E-state index contributed by atoms with van der Waals surface area (Å²) in [5.74, 6) is -0.824. The van der Waals surface area contributed by atoms with Crippen LogP contribution in [0.15, 0.2) is 0 Å². The van der Waals surface area contributed by atoms with E-state index in [2.05, 4.69) is 5.32 Å². The Balaban J connectivity index is 3.60. The first-order valence-electron chi connectivity index (χ1n) is 4.09. The monoisotopic (exact) mass is 159 g/mol. The predicted molar refractivity (Wildman–Crippen MR) is 44.6 cm³/mol. The van der Waals surface area contributed by atoms with Crippen LogP contribution in [0, 0.1) is 5.92 Å². The van der Waals surface area contributed by atoms with Crippen molar-refractivity contribution in [3.63, 3.8) is 0 Å². The van der Waals surface area contributed by atoms with Crippen molar-refractivity contribution in [1.82, 2.24) is 5.32 Å². The fourth-order valence-corrected chi connectivity index (χ4v) is 1.06. The molecule has 0 aromatic heterocycles. The van der Waals surface area contributed by atoms with Crippen LogP contribution in [0.25, 0.3) is 0 Å². The van der Waals surface area contributed by atoms with Gasteiger partial charge in [-0.15, -0.1) is 0 Å². The molecule has 0 spiro atoms. The Morgan fingerprint density at radius 2 is 2.18 bits per heavy atom. The van der Waals surface area contributed by atoms with E-state index in [4.69, 9.17) is 5.11 Å². The van der Waals surface area contributed by atoms with Gasteiger partial charge in [0.25, 0.3) is 0 Å². The highest BCUT2D eigenvalue weighted by molar-refractivity contribution is 5.69. The molecule has 2 N–H and O–H groups in total. The molecule has 0 bridgehead atoms. The van der Waals surface area contributed by atoms with Crippen LogP contribution < -0.4 is 5.32 Å². The molecule has 66 valence electrons. The number of carbonyl (C=O) groups is 1. The zero-order chi connectivity index (χ0) is 8.69. The van der Waals surface area contributed by atoms with Gasteiger partial charge in [-0.2, -0.15) is 0 Å². The summed E-state index contributed by atoms with van der Waals surface area (Å²) in [5, 5.41) is 11.7. The van der Waals surface area contributed by atoms with Crippen LogP contribution in [-0.4, -0.2) is 24.7 Å². The molecule has 0 saturated heterocycles. The minimum atomic E-state index is -0.665. The highest BCUT2D eigenvalue weighted by Gasteiger charge is 2.14. The second-order valence-electron chi connectivity index (χ2n) is 2.72. The van der Waals surface area contributed by atoms with Crippen molar-refractivity contribution < 1.29 is 9.90 Å². The summed E-state index contributed by atoms with van der Waals surface area (Å²) in [6.07, 6.45) is 2.47. The van der Waals surface area contributed by atoms with E-state index in [0.717, 1.165) is 25.8 Å². The van der Waals surface area contributed by atoms with Crippen molar-refractivity contribution in [2.75, 3.05) is 13.6 Å². The normalized spacial score (nSPS) is 12.9. The van der Waals surface area contributed by atoms with Gasteiger partial charge in [-0.1, -0.05) is 13.3 Å². The number of carboxylic acids is 1. The average Bonchev–Trinajstić information content (AvgIpc) is 1.97. The van der Waals surface area contributed by atoms with Gasteiger partial charge in [-0.3, -0.25) is 4.79 Å². The quantitative estimate of drug-likeness (QED) is 0.610. The van der Waals surface area contributed by atoms with E-state index in [1.807, 2.05) is 14.0 Å². The summed E-state index contributed by atoms with van der Waals surface area (Å²) >= 11 is 0. The SMILES string of the molecule is CCCC(CCNC)C(=O)O. The van der Waals surface area contributed by atoms with E-state index in [-0.39, 0.29) is 5.92 Å². The zero-order valence-corrected chi connectivity index (χ0v) is 7.26. The van der Waals surface area contributed by atoms with E-state index in [1.54, 1.807) is 0 Å². The molecule has 0 aliphatic rings. The third-order valence-electron chi connectivity index (χ3n) is 1.73. The Labute approximate surface area is 67.8 Å². The zero-order valence-electron chi connectivity index (χ0n) is 7.26. The molecule has 0 aliphatic heterocycles. The fraction of sp³-hybridized carbons (Fsp3) is 0.875. The van der Waals surface area contributed by atoms with Gasteiger partial charge in [0.2, 0.25) is 0 Å². The maximum absolute atomic E-state index is 10.6. The van der Waals surface area contributed by atoms with Crippen LogP contribution in [0.4, 0.5) is 0 Å². The van der Waals surface area contributed by atoms with Crippen LogP contribution in [0.3, 0.4) is 0 Å². The number of hydrogen-bond acceptors (Lipinski definition) is 2. The number of nitrogens with one attached hydrogen (secondary N) is 1. The third-order valence-corrected chi connectivity index (χ3v) is 1.73. The van der Waals surface area contributed by atoms with Crippen LogP contribution in [0.1, 0.15) is 26.2 Å². The Kier molecular flexibility index (Phi) is 5.84. The lowest BCUT2D eigenvalue weighted by atomic mass is 10.0. The van der Waals surface area contributed by atoms with Crippen molar-refractivity contribution in [3.05, 3.63) is 0 Å². The minimum Gasteiger partial charge on any atom is -0.481 e. The highest BCUT2D eigenvalue weighted by Crippen LogP contribution is 2.09. The van der Waals surface area contributed by atoms with E-state index < -0.39 is 5.97 Å². The molecular formula is C8H17NO2. The number of hydrogen-bond donors (Lipinski definition) is 2. The molecule has 0 aromatic carbocycles. The Bertz CT molecular complexity index is 115. The molecule has 0 aliphatic carbocycles. The standard InChI is InChI=1S/C8H17NO2/c1-3-4-7(8(10)11)5-6-9-2/h7,9H,3-6H2,1-2H3,(H,10,11). The van der Waals surface area contributed by atoms with Gasteiger partial charge in [-0.05, 0) is 26.4 Å². The van der Waals surface area contributed by atoms with E-state index in [0.29, 0.717) is 0 Å². The third kappa shape index (κ3) is 4.79. The number of aliphatic carboxylic acids is 1. The highest BCUT2D eigenvalue weighted by atomic mass is 16.4. The van der Waals surface area contributed by atoms with Crippen molar-refractivity contribution >= 4 is 5.97 Å². The molecule has 0 fully saturated rings. The summed E-state index contributed by atoms with van der Waals surface area (Å²) < 4.78 is 0. The van der Waals surface area contributed by atoms with E-state index in [1.165, 1.54) is 0 Å². The van der Waals surface area contributed by atoms with Crippen molar-refractivity contribution in [3.8, 4) is 0 Å². The molecule has 1 atom stereocenters. The van der Waals surface area contributed by atoms with Crippen molar-refractivity contribution in [1.29, 1.82) is 0 Å². The molecule has 11 heavy (non-hydrogen) atoms. The Morgan fingerprint density at radius 3 is 2.55 bits per heavy atom. The molecule has 0 saturated carbocycles. The minimum absolute atomic E-state index is 0.160. The summed E-state index contributed by atoms with van der Waals surface area (Å²) in [4.78, 5) is 10.6. The molecular weight excluding hydrogens is 142 g/mol. The summed E-state index contributed by atoms with van der Waals surface area (Å²) in [6, 6.07) is 0. The lowest BCUT2D eigenvalue weighted by Crippen LogP contribution is -2.19. The van der Waals surface area contributed by atoms with E-state index in [9.17, 15) is 4.79 Å². The van der Waals surface area contributed by atoms with Crippen LogP contribution >= 0.6 is 0 Å². The number of rotatable bonds is 6. The molecule has 3 heteroatoms. The van der Waals surface area contributed by atoms with Gasteiger partial charge < -0.3 is 10.4 Å². The molecule has 3 nitrogen and oxygen atoms in total. The molecule has 1 unspecified atom stereocenters. The smallest absolute Gasteiger partial charge is 0.306 e. The first kappa shape index (κ1) is 10.4. The van der Waals surface area contributed by atoms with Crippen LogP contribution in [0.5, 0.6) is 0 Å². The van der Waals surface area contributed by atoms with Crippen molar-refractivity contribution in [2.45, 2.75) is 26.2 Å². The first-order valence-corrected chi connectivity index (χ1v) is 4.09. The topological polar surface area (TPSA) is 49.3 Å². The average molecular weight is 159 g/mol. The molecule has 0 aromatic rings. The summed E-state index contributed by atoms with van der Waals surface area (Å²) in [5.41, 5.74) is 0. The molecule has 0 heterocycles. The lowest BCUT2D eigenvalue weighted by molar-refractivity contribution is -0.142. The lowest BCUT2D eigenvalue weighted by Gasteiger charge is -2.09. The Morgan fingerprint density at radius 1 is 1.55 bits per heavy atom. The maximum Gasteiger partial charge on any atom is 0.306 e. The van der Waals surface area contributed by atoms with E-state index >= 15 is 0 Å². The molecule has 0 amide bonds. The second kappa shape index (κ2) is 6.16. The summed E-state index contributed by atoms with van der Waals surface area (Å²) in [6.45, 7) is 2.80. The number of carboxylic acid groups (broad SMARTS) is 1. The largest absolute Gasteiger partial charge is 0.481 e. The molecule has 0 radical (unpaired) electrons. The van der Waals surface area contributed by atoms with Gasteiger partial charge in [-0.25, -0.2) is 0 Å². The van der Waals surface area contributed by atoms with Crippen LogP contribution in [-0.2, 0) is 4.79 Å².